The lowest BCUT2D eigenvalue weighted by atomic mass is 9.44. The molecule has 0 radical (unpaired) electrons. The second kappa shape index (κ2) is 5.20. The van der Waals surface area contributed by atoms with E-state index in [4.69, 9.17) is 0 Å². The van der Waals surface area contributed by atoms with E-state index < -0.39 is 0 Å². The number of carbonyl (C=O) groups is 1. The van der Waals surface area contributed by atoms with Gasteiger partial charge in [-0.3, -0.25) is 4.79 Å². The lowest BCUT2D eigenvalue weighted by molar-refractivity contribution is -0.120. The summed E-state index contributed by atoms with van der Waals surface area (Å²) < 4.78 is 0. The van der Waals surface area contributed by atoms with Crippen molar-refractivity contribution >= 4 is 5.78 Å². The predicted molar refractivity (Wildman–Crippen MR) is 95.0 cm³/mol. The van der Waals surface area contributed by atoms with Crippen LogP contribution in [0.15, 0.2) is 11.6 Å². The first-order valence-electron chi connectivity index (χ1n) is 10.1. The number of hydrogen-bond acceptors (Lipinski definition) is 1. The zero-order valence-corrected chi connectivity index (χ0v) is 15.5. The number of Topliss-reactive ketones (excluding diaryl/α,β-unsaturated/α-hetero) is 1. The normalized spacial score (nSPS) is 52.2. The van der Waals surface area contributed by atoms with E-state index in [2.05, 4.69) is 26.8 Å². The van der Waals surface area contributed by atoms with Crippen LogP contribution in [0.3, 0.4) is 0 Å². The fourth-order valence-electron chi connectivity index (χ4n) is 7.59. The number of ketones is 1. The van der Waals surface area contributed by atoms with E-state index in [0.717, 1.165) is 29.6 Å². The third kappa shape index (κ3) is 2.14. The molecule has 0 N–H and O–H groups in total. The Bertz CT molecular complexity index is 546. The molecule has 0 aromatic rings. The molecule has 7 atom stereocenters. The van der Waals surface area contributed by atoms with Crippen molar-refractivity contribution in [3.05, 3.63) is 11.6 Å². The van der Waals surface area contributed by atoms with Crippen molar-refractivity contribution in [3.8, 4) is 0 Å². The average Bonchev–Trinajstić information content (AvgIpc) is 2.85. The van der Waals surface area contributed by atoms with Gasteiger partial charge in [0.2, 0.25) is 0 Å². The van der Waals surface area contributed by atoms with Crippen LogP contribution in [-0.4, -0.2) is 5.78 Å². The monoisotopic (exact) mass is 314 g/mol. The quantitative estimate of drug-likeness (QED) is 0.598. The van der Waals surface area contributed by atoms with Crippen LogP contribution in [0.4, 0.5) is 0 Å². The first-order valence-corrected chi connectivity index (χ1v) is 10.1. The molecule has 0 aromatic heterocycles. The minimum absolute atomic E-state index is 0.193. The van der Waals surface area contributed by atoms with E-state index in [9.17, 15) is 4.79 Å². The molecule has 0 bridgehead atoms. The van der Waals surface area contributed by atoms with Crippen LogP contribution >= 0.6 is 0 Å². The van der Waals surface area contributed by atoms with Crippen molar-refractivity contribution in [2.45, 2.75) is 79.1 Å². The Morgan fingerprint density at radius 3 is 2.61 bits per heavy atom. The van der Waals surface area contributed by atoms with Gasteiger partial charge in [-0.15, -0.1) is 0 Å². The Morgan fingerprint density at radius 2 is 1.87 bits per heavy atom. The lowest BCUT2D eigenvalue weighted by Gasteiger charge is -2.60. The molecule has 7 unspecified atom stereocenters. The van der Waals surface area contributed by atoms with Crippen LogP contribution in [-0.2, 0) is 4.79 Å². The van der Waals surface area contributed by atoms with Crippen molar-refractivity contribution in [2.24, 2.45) is 40.4 Å². The molecule has 4 aliphatic rings. The third-order valence-corrected chi connectivity index (χ3v) is 8.89. The maximum atomic E-state index is 12.1. The van der Waals surface area contributed by atoms with Gasteiger partial charge in [0.15, 0.2) is 5.78 Å². The van der Waals surface area contributed by atoms with Gasteiger partial charge >= 0.3 is 0 Å². The van der Waals surface area contributed by atoms with Crippen LogP contribution < -0.4 is 0 Å². The Balaban J connectivity index is 1.62. The van der Waals surface area contributed by atoms with Crippen molar-refractivity contribution in [1.29, 1.82) is 0 Å². The number of allylic oxidation sites excluding steroid dienone is 2. The standard InChI is InChI=1S/C22H34O/c1-14-9-11-21(3)16(13-14)5-6-17-19-8-7-18(15(2)23)22(19,4)12-10-20(17)21/h7,14,16-17,19-20H,5-6,8-13H2,1-4H3. The summed E-state index contributed by atoms with van der Waals surface area (Å²) in [7, 11) is 0. The summed E-state index contributed by atoms with van der Waals surface area (Å²) in [6, 6.07) is 0. The Morgan fingerprint density at radius 1 is 1.09 bits per heavy atom. The molecule has 1 heteroatoms. The molecule has 23 heavy (non-hydrogen) atoms. The van der Waals surface area contributed by atoms with Crippen molar-refractivity contribution in [2.75, 3.05) is 0 Å². The summed E-state index contributed by atoms with van der Waals surface area (Å²) in [6.07, 6.45) is 13.3. The minimum Gasteiger partial charge on any atom is -0.295 e. The van der Waals surface area contributed by atoms with E-state index >= 15 is 0 Å². The third-order valence-electron chi connectivity index (χ3n) is 8.89. The molecule has 0 aliphatic heterocycles. The molecule has 1 nitrogen and oxygen atoms in total. The number of fused-ring (bicyclic) bond motifs is 5. The van der Waals surface area contributed by atoms with E-state index in [1.54, 1.807) is 6.92 Å². The lowest BCUT2D eigenvalue weighted by Crippen LogP contribution is -2.53. The maximum absolute atomic E-state index is 12.1. The second-order valence-electron chi connectivity index (χ2n) is 9.90. The number of hydrogen-bond donors (Lipinski definition) is 0. The predicted octanol–water partition coefficient (Wildman–Crippen LogP) is 5.79. The van der Waals surface area contributed by atoms with Crippen molar-refractivity contribution in [1.82, 2.24) is 0 Å². The Hall–Kier alpha value is -0.590. The average molecular weight is 315 g/mol. The molecular weight excluding hydrogens is 280 g/mol. The van der Waals surface area contributed by atoms with Gasteiger partial charge in [0.1, 0.15) is 0 Å². The van der Waals surface area contributed by atoms with Gasteiger partial charge in [0.25, 0.3) is 0 Å². The summed E-state index contributed by atoms with van der Waals surface area (Å²) in [5, 5.41) is 0. The zero-order chi connectivity index (χ0) is 16.4. The number of rotatable bonds is 1. The fourth-order valence-corrected chi connectivity index (χ4v) is 7.59. The van der Waals surface area contributed by atoms with Gasteiger partial charge < -0.3 is 0 Å². The van der Waals surface area contributed by atoms with Crippen LogP contribution in [0, 0.1) is 40.4 Å². The van der Waals surface area contributed by atoms with Gasteiger partial charge in [0.05, 0.1) is 0 Å². The van der Waals surface area contributed by atoms with Crippen LogP contribution in [0.5, 0.6) is 0 Å². The van der Waals surface area contributed by atoms with Crippen LogP contribution in [0.2, 0.25) is 0 Å². The zero-order valence-electron chi connectivity index (χ0n) is 15.5. The fraction of sp³-hybridized carbons (Fsp3) is 0.864. The first kappa shape index (κ1) is 15.9. The molecule has 4 aliphatic carbocycles. The van der Waals surface area contributed by atoms with Crippen LogP contribution in [0.1, 0.15) is 79.1 Å². The van der Waals surface area contributed by atoms with E-state index in [1.165, 1.54) is 56.9 Å². The Kier molecular flexibility index (Phi) is 3.60. The van der Waals surface area contributed by atoms with E-state index in [0.29, 0.717) is 11.2 Å². The summed E-state index contributed by atoms with van der Waals surface area (Å²) >= 11 is 0. The van der Waals surface area contributed by atoms with Gasteiger partial charge in [-0.2, -0.15) is 0 Å². The molecule has 128 valence electrons. The molecule has 4 rings (SSSR count). The highest BCUT2D eigenvalue weighted by Gasteiger charge is 2.58. The summed E-state index contributed by atoms with van der Waals surface area (Å²) in [5.74, 6) is 4.79. The summed E-state index contributed by atoms with van der Waals surface area (Å²) in [5.41, 5.74) is 1.96. The largest absolute Gasteiger partial charge is 0.295 e. The smallest absolute Gasteiger partial charge is 0.156 e. The van der Waals surface area contributed by atoms with Crippen molar-refractivity contribution < 1.29 is 4.79 Å². The van der Waals surface area contributed by atoms with E-state index in [1.807, 2.05) is 0 Å². The second-order valence-corrected chi connectivity index (χ2v) is 9.90. The molecule has 0 saturated heterocycles. The highest BCUT2D eigenvalue weighted by molar-refractivity contribution is 5.95. The Labute approximate surface area is 142 Å². The van der Waals surface area contributed by atoms with Gasteiger partial charge in [-0.25, -0.2) is 0 Å². The van der Waals surface area contributed by atoms with Gasteiger partial charge in [-0.1, -0.05) is 33.3 Å². The summed E-state index contributed by atoms with van der Waals surface area (Å²) in [4.78, 5) is 12.1. The van der Waals surface area contributed by atoms with Gasteiger partial charge in [-0.05, 0) is 97.9 Å². The van der Waals surface area contributed by atoms with Gasteiger partial charge in [0, 0.05) is 0 Å². The molecule has 3 fully saturated rings. The maximum Gasteiger partial charge on any atom is 0.156 e. The van der Waals surface area contributed by atoms with Crippen LogP contribution in [0.25, 0.3) is 0 Å². The highest BCUT2D eigenvalue weighted by Crippen LogP contribution is 2.66. The van der Waals surface area contributed by atoms with E-state index in [-0.39, 0.29) is 5.41 Å². The first-order chi connectivity index (χ1) is 10.9. The molecular formula is C22H34O. The van der Waals surface area contributed by atoms with Crippen molar-refractivity contribution in [3.63, 3.8) is 0 Å². The molecule has 3 saturated carbocycles. The number of carbonyl (C=O) groups excluding carboxylic acids is 1. The molecule has 0 amide bonds. The molecule has 0 heterocycles. The molecule has 0 spiro atoms. The highest BCUT2D eigenvalue weighted by atomic mass is 16.1. The SMILES string of the molecule is CC(=O)C1=CCC2C3CCC4CC(C)CCC4(C)C3CCC12C. The summed E-state index contributed by atoms with van der Waals surface area (Å²) in [6.45, 7) is 9.29. The topological polar surface area (TPSA) is 17.1 Å². The molecule has 0 aromatic carbocycles. The minimum atomic E-state index is 0.193.